The summed E-state index contributed by atoms with van der Waals surface area (Å²) < 4.78 is 29.5. The van der Waals surface area contributed by atoms with Gasteiger partial charge in [-0.2, -0.15) is 8.78 Å². The molecule has 8 heteroatoms. The summed E-state index contributed by atoms with van der Waals surface area (Å²) in [5.74, 6) is -1.47. The number of imide groups is 1. The molecule has 0 spiro atoms. The topological polar surface area (TPSA) is 75.7 Å². The average molecular weight is 434 g/mol. The number of hydrogen-bond donors (Lipinski definition) is 1. The van der Waals surface area contributed by atoms with Gasteiger partial charge in [0, 0.05) is 17.3 Å². The van der Waals surface area contributed by atoms with E-state index in [2.05, 4.69) is 10.1 Å². The molecule has 1 heterocycles. The lowest BCUT2D eigenvalue weighted by molar-refractivity contribution is -0.111. The normalized spacial score (nSPS) is 13.0. The third-order valence-electron chi connectivity index (χ3n) is 4.72. The van der Waals surface area contributed by atoms with Gasteiger partial charge in [0.25, 0.3) is 11.8 Å². The lowest BCUT2D eigenvalue weighted by Crippen LogP contribution is -2.29. The third-order valence-corrected chi connectivity index (χ3v) is 4.72. The molecule has 1 aliphatic rings. The molecule has 0 radical (unpaired) electrons. The molecule has 3 aromatic rings. The molecule has 4 rings (SSSR count). The zero-order valence-electron chi connectivity index (χ0n) is 16.5. The smallest absolute Gasteiger partial charge is 0.387 e. The Morgan fingerprint density at radius 1 is 0.906 bits per heavy atom. The van der Waals surface area contributed by atoms with E-state index in [9.17, 15) is 23.2 Å². The summed E-state index contributed by atoms with van der Waals surface area (Å²) in [7, 11) is 0. The van der Waals surface area contributed by atoms with Crippen LogP contribution in [-0.4, -0.2) is 24.3 Å². The molecule has 1 aliphatic heterocycles. The molecule has 0 atom stereocenters. The summed E-state index contributed by atoms with van der Waals surface area (Å²) in [6, 6.07) is 18.9. The first-order valence-corrected chi connectivity index (χ1v) is 9.55. The zero-order chi connectivity index (χ0) is 22.7. The van der Waals surface area contributed by atoms with Crippen molar-refractivity contribution in [2.75, 3.05) is 10.2 Å². The maximum atomic E-state index is 12.7. The summed E-state index contributed by atoms with van der Waals surface area (Å²) in [5, 5.41) is 2.62. The van der Waals surface area contributed by atoms with Crippen molar-refractivity contribution in [3.63, 3.8) is 0 Å². The molecule has 0 fully saturated rings. The van der Waals surface area contributed by atoms with Crippen molar-refractivity contribution in [1.82, 2.24) is 0 Å². The summed E-state index contributed by atoms with van der Waals surface area (Å²) in [5.41, 5.74) is 1.61. The molecular formula is C24H16F2N2O4. The molecule has 0 aliphatic carbocycles. The number of benzene rings is 3. The highest BCUT2D eigenvalue weighted by Crippen LogP contribution is 2.29. The Morgan fingerprint density at radius 3 is 2.25 bits per heavy atom. The molecule has 0 saturated heterocycles. The number of nitrogens with one attached hydrogen (secondary N) is 1. The van der Waals surface area contributed by atoms with Crippen LogP contribution in [0, 0.1) is 0 Å². The van der Waals surface area contributed by atoms with Crippen LogP contribution in [0.25, 0.3) is 6.08 Å². The molecular weight excluding hydrogens is 418 g/mol. The van der Waals surface area contributed by atoms with Crippen molar-refractivity contribution in [3.8, 4) is 5.75 Å². The van der Waals surface area contributed by atoms with Gasteiger partial charge in [0.1, 0.15) is 5.75 Å². The minimum Gasteiger partial charge on any atom is -0.434 e. The van der Waals surface area contributed by atoms with Gasteiger partial charge in [-0.05, 0) is 42.5 Å². The number of carbonyl (C=O) groups is 3. The van der Waals surface area contributed by atoms with E-state index in [1.54, 1.807) is 54.6 Å². The molecule has 32 heavy (non-hydrogen) atoms. The number of fused-ring (bicyclic) bond motifs is 1. The minimum absolute atomic E-state index is 0.0563. The van der Waals surface area contributed by atoms with Crippen molar-refractivity contribution in [1.29, 1.82) is 0 Å². The first-order valence-electron chi connectivity index (χ1n) is 9.55. The number of para-hydroxylation sites is 1. The molecule has 3 aromatic carbocycles. The van der Waals surface area contributed by atoms with E-state index in [-0.39, 0.29) is 5.75 Å². The van der Waals surface area contributed by atoms with E-state index in [0.717, 1.165) is 4.90 Å². The monoisotopic (exact) mass is 434 g/mol. The van der Waals surface area contributed by atoms with E-state index >= 15 is 0 Å². The Labute approximate surface area is 181 Å². The second kappa shape index (κ2) is 8.81. The van der Waals surface area contributed by atoms with Gasteiger partial charge in [0.05, 0.1) is 16.8 Å². The van der Waals surface area contributed by atoms with E-state index in [0.29, 0.717) is 28.1 Å². The molecule has 0 bridgehead atoms. The quantitative estimate of drug-likeness (QED) is 0.449. The predicted octanol–water partition coefficient (Wildman–Crippen LogP) is 4.74. The van der Waals surface area contributed by atoms with Crippen LogP contribution < -0.4 is 15.0 Å². The summed E-state index contributed by atoms with van der Waals surface area (Å²) >= 11 is 0. The molecule has 0 unspecified atom stereocenters. The first-order chi connectivity index (χ1) is 15.4. The fourth-order valence-electron chi connectivity index (χ4n) is 3.32. The largest absolute Gasteiger partial charge is 0.434 e. The van der Waals surface area contributed by atoms with Crippen LogP contribution in [0.4, 0.5) is 20.2 Å². The van der Waals surface area contributed by atoms with Gasteiger partial charge in [-0.15, -0.1) is 0 Å². The average Bonchev–Trinajstić information content (AvgIpc) is 3.03. The van der Waals surface area contributed by atoms with Crippen LogP contribution in [-0.2, 0) is 4.79 Å². The molecule has 0 aromatic heterocycles. The highest BCUT2D eigenvalue weighted by molar-refractivity contribution is 6.34. The van der Waals surface area contributed by atoms with Crippen molar-refractivity contribution >= 4 is 35.2 Å². The van der Waals surface area contributed by atoms with Gasteiger partial charge in [0.15, 0.2) is 0 Å². The lowest BCUT2D eigenvalue weighted by atomic mass is 10.1. The van der Waals surface area contributed by atoms with Crippen molar-refractivity contribution in [2.24, 2.45) is 0 Å². The minimum atomic E-state index is -2.98. The number of carbonyl (C=O) groups excluding carboxylic acids is 3. The van der Waals surface area contributed by atoms with Crippen LogP contribution in [0.5, 0.6) is 5.75 Å². The Hall–Kier alpha value is -4.33. The SMILES string of the molecule is O=C(/C=C/c1ccccc1OC(F)F)Nc1cccc(N2C(=O)c3ccccc3C2=O)c1. The Balaban J connectivity index is 1.50. The number of ether oxygens (including phenoxy) is 1. The molecule has 3 amide bonds. The van der Waals surface area contributed by atoms with Crippen LogP contribution in [0.2, 0.25) is 0 Å². The second-order valence-electron chi connectivity index (χ2n) is 6.78. The van der Waals surface area contributed by atoms with E-state index in [1.165, 1.54) is 30.4 Å². The predicted molar refractivity (Wildman–Crippen MR) is 115 cm³/mol. The van der Waals surface area contributed by atoms with Gasteiger partial charge >= 0.3 is 6.61 Å². The van der Waals surface area contributed by atoms with Crippen LogP contribution in [0.3, 0.4) is 0 Å². The highest BCUT2D eigenvalue weighted by atomic mass is 19.3. The van der Waals surface area contributed by atoms with Crippen molar-refractivity contribution in [2.45, 2.75) is 6.61 Å². The maximum Gasteiger partial charge on any atom is 0.387 e. The Morgan fingerprint density at radius 2 is 1.56 bits per heavy atom. The fraction of sp³-hybridized carbons (Fsp3) is 0.0417. The molecule has 160 valence electrons. The van der Waals surface area contributed by atoms with Crippen LogP contribution in [0.15, 0.2) is 78.9 Å². The zero-order valence-corrected chi connectivity index (χ0v) is 16.5. The second-order valence-corrected chi connectivity index (χ2v) is 6.78. The first kappa shape index (κ1) is 20.9. The number of halogens is 2. The summed E-state index contributed by atoms with van der Waals surface area (Å²) in [6.45, 7) is -2.98. The number of amides is 3. The summed E-state index contributed by atoms with van der Waals surface area (Å²) in [4.78, 5) is 38.7. The summed E-state index contributed by atoms with van der Waals surface area (Å²) in [6.07, 6.45) is 2.52. The fourth-order valence-corrected chi connectivity index (χ4v) is 3.32. The van der Waals surface area contributed by atoms with Crippen LogP contribution in [0.1, 0.15) is 26.3 Å². The molecule has 6 nitrogen and oxygen atoms in total. The van der Waals surface area contributed by atoms with Gasteiger partial charge in [-0.1, -0.05) is 36.4 Å². The highest BCUT2D eigenvalue weighted by Gasteiger charge is 2.36. The number of alkyl halides is 2. The maximum absolute atomic E-state index is 12.7. The Bertz CT molecular complexity index is 1200. The van der Waals surface area contributed by atoms with E-state index < -0.39 is 24.3 Å². The van der Waals surface area contributed by atoms with Gasteiger partial charge in [-0.3, -0.25) is 14.4 Å². The molecule has 1 N–H and O–H groups in total. The van der Waals surface area contributed by atoms with E-state index in [1.807, 2.05) is 0 Å². The van der Waals surface area contributed by atoms with Crippen LogP contribution >= 0.6 is 0 Å². The number of anilines is 2. The molecule has 0 saturated carbocycles. The van der Waals surface area contributed by atoms with Crippen molar-refractivity contribution in [3.05, 3.63) is 95.6 Å². The Kier molecular flexibility index (Phi) is 5.76. The van der Waals surface area contributed by atoms with Gasteiger partial charge in [0.2, 0.25) is 5.91 Å². The van der Waals surface area contributed by atoms with Gasteiger partial charge < -0.3 is 10.1 Å². The van der Waals surface area contributed by atoms with E-state index in [4.69, 9.17) is 0 Å². The lowest BCUT2D eigenvalue weighted by Gasteiger charge is -2.15. The number of nitrogens with zero attached hydrogens (tertiary/aromatic N) is 1. The number of rotatable bonds is 6. The van der Waals surface area contributed by atoms with Crippen molar-refractivity contribution < 1.29 is 27.9 Å². The third kappa shape index (κ3) is 4.24. The number of hydrogen-bond acceptors (Lipinski definition) is 4. The van der Waals surface area contributed by atoms with Gasteiger partial charge in [-0.25, -0.2) is 4.90 Å². The standard InChI is InChI=1S/C24H16F2N2O4/c25-24(26)32-20-11-4-1-6-15(20)12-13-21(29)27-16-7-5-8-17(14-16)28-22(30)18-9-2-3-10-19(18)23(28)31/h1-14,24H,(H,27,29)/b13-12+.